The number of hydrazone groups is 1. The van der Waals surface area contributed by atoms with Crippen LogP contribution in [0.1, 0.15) is 19.4 Å². The average molecular weight is 458 g/mol. The van der Waals surface area contributed by atoms with E-state index >= 15 is 0 Å². The van der Waals surface area contributed by atoms with Crippen LogP contribution in [-0.2, 0) is 10.0 Å². The molecule has 154 valence electrons. The Balaban J connectivity index is 1.76. The summed E-state index contributed by atoms with van der Waals surface area (Å²) >= 11 is 12.4. The Hall–Kier alpha value is -2.49. The highest BCUT2D eigenvalue weighted by Gasteiger charge is 2.15. The second-order valence-electron chi connectivity index (χ2n) is 6.54. The van der Waals surface area contributed by atoms with Gasteiger partial charge in [-0.2, -0.15) is 13.5 Å². The first-order chi connectivity index (χ1) is 13.7. The summed E-state index contributed by atoms with van der Waals surface area (Å²) in [6.45, 7) is 4.45. The van der Waals surface area contributed by atoms with Crippen LogP contribution < -0.4 is 15.3 Å². The van der Waals surface area contributed by atoms with Crippen molar-refractivity contribution in [2.45, 2.75) is 18.7 Å². The molecule has 1 aromatic heterocycles. The number of halogens is 2. The molecule has 0 spiro atoms. The van der Waals surface area contributed by atoms with Crippen LogP contribution in [0.2, 0.25) is 10.0 Å². The molecule has 2 N–H and O–H groups in total. The standard InChI is InChI=1S/C18H17Cl2N3O5S/c1-10(2)9-27-17-13(19)5-11(6-14(17)20)8-21-23-29(25,26)12-3-4-15-16(7-12)28-18(24)22-15/h3-8,10,23H,9H2,1-2H3,(H,22,24)/b21-8+. The summed E-state index contributed by atoms with van der Waals surface area (Å²) in [7, 11) is -3.97. The summed E-state index contributed by atoms with van der Waals surface area (Å²) < 4.78 is 35.2. The highest BCUT2D eigenvalue weighted by Crippen LogP contribution is 2.34. The summed E-state index contributed by atoms with van der Waals surface area (Å²) in [5.74, 6) is -0.00698. The lowest BCUT2D eigenvalue weighted by Gasteiger charge is -2.12. The largest absolute Gasteiger partial charge is 0.490 e. The number of rotatable bonds is 7. The SMILES string of the molecule is CC(C)COc1c(Cl)cc(/C=N/NS(=O)(=O)c2ccc3[nH]c(=O)oc3c2)cc1Cl. The average Bonchev–Trinajstić information content (AvgIpc) is 2.99. The van der Waals surface area contributed by atoms with E-state index in [0.717, 1.165) is 0 Å². The summed E-state index contributed by atoms with van der Waals surface area (Å²) in [5.41, 5.74) is 0.991. The van der Waals surface area contributed by atoms with E-state index in [4.69, 9.17) is 32.4 Å². The van der Waals surface area contributed by atoms with Gasteiger partial charge in [0.05, 0.1) is 33.3 Å². The van der Waals surface area contributed by atoms with Crippen molar-refractivity contribution >= 4 is 50.5 Å². The van der Waals surface area contributed by atoms with Crippen LogP contribution in [0.15, 0.2) is 49.5 Å². The minimum atomic E-state index is -3.97. The Labute approximate surface area is 176 Å². The lowest BCUT2D eigenvalue weighted by Crippen LogP contribution is -2.18. The Morgan fingerprint density at radius 1 is 1.24 bits per heavy atom. The van der Waals surface area contributed by atoms with Crippen molar-refractivity contribution in [2.24, 2.45) is 11.0 Å². The van der Waals surface area contributed by atoms with Crippen molar-refractivity contribution in [3.05, 3.63) is 56.5 Å². The second kappa shape index (κ2) is 8.48. The molecular weight excluding hydrogens is 441 g/mol. The van der Waals surface area contributed by atoms with Gasteiger partial charge in [-0.25, -0.2) is 9.63 Å². The zero-order chi connectivity index (χ0) is 21.2. The van der Waals surface area contributed by atoms with Crippen molar-refractivity contribution in [1.29, 1.82) is 0 Å². The van der Waals surface area contributed by atoms with E-state index in [0.29, 0.717) is 29.4 Å². The van der Waals surface area contributed by atoms with E-state index < -0.39 is 15.8 Å². The van der Waals surface area contributed by atoms with Gasteiger partial charge in [-0.05, 0) is 35.7 Å². The number of hydrogen-bond donors (Lipinski definition) is 2. The number of aromatic amines is 1. The van der Waals surface area contributed by atoms with Crippen LogP contribution in [0.3, 0.4) is 0 Å². The molecule has 0 unspecified atom stereocenters. The fourth-order valence-electron chi connectivity index (χ4n) is 2.36. The van der Waals surface area contributed by atoms with E-state index in [1.807, 2.05) is 13.8 Å². The summed E-state index contributed by atoms with van der Waals surface area (Å²) in [4.78, 5) is 15.6. The number of H-pyrrole nitrogens is 1. The van der Waals surface area contributed by atoms with Crippen LogP contribution in [0.4, 0.5) is 0 Å². The van der Waals surface area contributed by atoms with Gasteiger partial charge in [0.25, 0.3) is 10.0 Å². The molecular formula is C18H17Cl2N3O5S. The van der Waals surface area contributed by atoms with Crippen LogP contribution in [0.5, 0.6) is 5.75 Å². The van der Waals surface area contributed by atoms with Crippen molar-refractivity contribution < 1.29 is 17.6 Å². The molecule has 29 heavy (non-hydrogen) atoms. The quantitative estimate of drug-likeness (QED) is 0.413. The van der Waals surface area contributed by atoms with Gasteiger partial charge in [0.15, 0.2) is 11.3 Å². The number of benzene rings is 2. The molecule has 11 heteroatoms. The molecule has 2 aromatic carbocycles. The van der Waals surface area contributed by atoms with Gasteiger partial charge in [-0.15, -0.1) is 0 Å². The predicted molar refractivity (Wildman–Crippen MR) is 112 cm³/mol. The fourth-order valence-corrected chi connectivity index (χ4v) is 3.78. The molecule has 0 amide bonds. The highest BCUT2D eigenvalue weighted by molar-refractivity contribution is 7.89. The smallest absolute Gasteiger partial charge is 0.417 e. The third kappa shape index (κ3) is 5.11. The van der Waals surface area contributed by atoms with Gasteiger partial charge >= 0.3 is 5.76 Å². The van der Waals surface area contributed by atoms with Gasteiger partial charge < -0.3 is 9.15 Å². The molecule has 0 atom stereocenters. The molecule has 3 aromatic rings. The first kappa shape index (κ1) is 21.2. The number of sulfonamides is 1. The zero-order valence-electron chi connectivity index (χ0n) is 15.4. The number of nitrogens with one attached hydrogen (secondary N) is 2. The monoisotopic (exact) mass is 457 g/mol. The Bertz CT molecular complexity index is 1210. The van der Waals surface area contributed by atoms with Crippen LogP contribution in [-0.4, -0.2) is 26.2 Å². The van der Waals surface area contributed by atoms with E-state index in [1.54, 1.807) is 12.1 Å². The van der Waals surface area contributed by atoms with Crippen LogP contribution in [0, 0.1) is 5.92 Å². The van der Waals surface area contributed by atoms with E-state index in [1.165, 1.54) is 24.4 Å². The van der Waals surface area contributed by atoms with Gasteiger partial charge in [0.1, 0.15) is 0 Å². The van der Waals surface area contributed by atoms with Crippen LogP contribution in [0.25, 0.3) is 11.1 Å². The normalized spacial score (nSPS) is 12.2. The molecule has 1 heterocycles. The molecule has 0 fully saturated rings. The van der Waals surface area contributed by atoms with Crippen molar-refractivity contribution in [3.63, 3.8) is 0 Å². The molecule has 0 radical (unpaired) electrons. The van der Waals surface area contributed by atoms with E-state index in [-0.39, 0.29) is 20.5 Å². The number of aromatic nitrogens is 1. The minimum absolute atomic E-state index is 0.113. The third-order valence-electron chi connectivity index (χ3n) is 3.67. The molecule has 0 bridgehead atoms. The molecule has 3 rings (SSSR count). The topological polar surface area (TPSA) is 114 Å². The molecule has 0 aliphatic heterocycles. The third-order valence-corrected chi connectivity index (χ3v) is 5.45. The zero-order valence-corrected chi connectivity index (χ0v) is 17.7. The number of nitrogens with zero attached hydrogens (tertiary/aromatic N) is 1. The molecule has 8 nitrogen and oxygen atoms in total. The van der Waals surface area contributed by atoms with Crippen molar-refractivity contribution in [2.75, 3.05) is 6.61 Å². The number of fused-ring (bicyclic) bond motifs is 1. The first-order valence-corrected chi connectivity index (χ1v) is 10.7. The predicted octanol–water partition coefficient (Wildman–Crippen LogP) is 3.78. The van der Waals surface area contributed by atoms with E-state index in [2.05, 4.69) is 14.9 Å². The van der Waals surface area contributed by atoms with Crippen molar-refractivity contribution in [1.82, 2.24) is 9.82 Å². The molecule has 0 aliphatic rings. The summed E-state index contributed by atoms with van der Waals surface area (Å²) in [6, 6.07) is 7.08. The van der Waals surface area contributed by atoms with Gasteiger partial charge in [0, 0.05) is 6.07 Å². The van der Waals surface area contributed by atoms with Crippen molar-refractivity contribution in [3.8, 4) is 5.75 Å². The molecule has 0 aliphatic carbocycles. The van der Waals surface area contributed by atoms with Gasteiger partial charge in [-0.1, -0.05) is 37.0 Å². The first-order valence-electron chi connectivity index (χ1n) is 8.45. The van der Waals surface area contributed by atoms with Crippen LogP contribution >= 0.6 is 23.2 Å². The maximum atomic E-state index is 12.4. The second-order valence-corrected chi connectivity index (χ2v) is 9.02. The minimum Gasteiger partial charge on any atom is -0.490 e. The highest BCUT2D eigenvalue weighted by atomic mass is 35.5. The van der Waals surface area contributed by atoms with E-state index in [9.17, 15) is 13.2 Å². The Kier molecular flexibility index (Phi) is 6.21. The lowest BCUT2D eigenvalue weighted by molar-refractivity contribution is 0.271. The lowest BCUT2D eigenvalue weighted by atomic mass is 10.2. The van der Waals surface area contributed by atoms with Gasteiger partial charge in [0.2, 0.25) is 0 Å². The Morgan fingerprint density at radius 3 is 2.59 bits per heavy atom. The maximum Gasteiger partial charge on any atom is 0.417 e. The number of hydrogen-bond acceptors (Lipinski definition) is 6. The summed E-state index contributed by atoms with van der Waals surface area (Å²) in [5, 5.41) is 4.31. The molecule has 0 saturated carbocycles. The number of ether oxygens (including phenoxy) is 1. The Morgan fingerprint density at radius 2 is 1.93 bits per heavy atom. The molecule has 0 saturated heterocycles. The maximum absolute atomic E-state index is 12.4. The fraction of sp³-hybridized carbons (Fsp3) is 0.222. The number of oxazole rings is 1. The summed E-state index contributed by atoms with van der Waals surface area (Å²) in [6.07, 6.45) is 1.26. The van der Waals surface area contributed by atoms with Gasteiger partial charge in [-0.3, -0.25) is 4.98 Å².